The summed E-state index contributed by atoms with van der Waals surface area (Å²) in [5.74, 6) is -0.738. The van der Waals surface area contributed by atoms with Crippen molar-refractivity contribution >= 4 is 24.0 Å². The number of aldehydes is 1. The molecular formula is C21H24O7. The Morgan fingerprint density at radius 3 is 2.64 bits per heavy atom. The van der Waals surface area contributed by atoms with Gasteiger partial charge in [-0.1, -0.05) is 12.2 Å². The molecule has 1 aliphatic heterocycles. The number of carbonyl (C=O) groups is 4. The number of carbonyl (C=O) groups excluding carboxylic acids is 4. The van der Waals surface area contributed by atoms with Gasteiger partial charge in [0.1, 0.15) is 23.2 Å². The van der Waals surface area contributed by atoms with E-state index in [9.17, 15) is 19.2 Å². The lowest BCUT2D eigenvalue weighted by molar-refractivity contribution is -0.140. The van der Waals surface area contributed by atoms with Gasteiger partial charge in [-0.25, -0.2) is 9.59 Å². The first-order valence-electron chi connectivity index (χ1n) is 8.97. The number of ether oxygens (including phenoxy) is 2. The Morgan fingerprint density at radius 1 is 1.36 bits per heavy atom. The predicted molar refractivity (Wildman–Crippen MR) is 99.9 cm³/mol. The van der Waals surface area contributed by atoms with E-state index in [0.717, 1.165) is 5.57 Å². The molecule has 1 aromatic heterocycles. The first kappa shape index (κ1) is 21.3. The van der Waals surface area contributed by atoms with Crippen LogP contribution in [0.2, 0.25) is 0 Å². The third-order valence-electron chi connectivity index (χ3n) is 4.64. The topological polar surface area (TPSA) is 99.9 Å². The van der Waals surface area contributed by atoms with Crippen molar-refractivity contribution in [3.8, 4) is 0 Å². The molecule has 28 heavy (non-hydrogen) atoms. The molecule has 0 fully saturated rings. The summed E-state index contributed by atoms with van der Waals surface area (Å²) in [7, 11) is 1.26. The highest BCUT2D eigenvalue weighted by Gasteiger charge is 2.28. The maximum atomic E-state index is 12.0. The molecule has 7 heteroatoms. The van der Waals surface area contributed by atoms with Crippen LogP contribution in [0.15, 0.2) is 34.3 Å². The Morgan fingerprint density at radius 2 is 2.07 bits per heavy atom. The third kappa shape index (κ3) is 5.28. The smallest absolute Gasteiger partial charge is 0.341 e. The maximum Gasteiger partial charge on any atom is 0.341 e. The van der Waals surface area contributed by atoms with Gasteiger partial charge in [-0.05, 0) is 38.7 Å². The highest BCUT2D eigenvalue weighted by Crippen LogP contribution is 2.29. The molecule has 150 valence electrons. The number of cyclic esters (lactones) is 1. The lowest BCUT2D eigenvalue weighted by Gasteiger charge is -2.16. The van der Waals surface area contributed by atoms with E-state index >= 15 is 0 Å². The zero-order valence-electron chi connectivity index (χ0n) is 16.3. The summed E-state index contributed by atoms with van der Waals surface area (Å²) in [4.78, 5) is 46.1. The summed E-state index contributed by atoms with van der Waals surface area (Å²) >= 11 is 0. The van der Waals surface area contributed by atoms with Crippen LogP contribution in [0, 0.1) is 5.92 Å². The summed E-state index contributed by atoms with van der Waals surface area (Å²) < 4.78 is 15.4. The number of Topliss-reactive ketones (excluding diaryl/α,β-unsaturated/α-hetero) is 1. The molecule has 2 atom stereocenters. The Labute approximate surface area is 163 Å². The Balaban J connectivity index is 2.11. The van der Waals surface area contributed by atoms with Crippen LogP contribution in [0.1, 0.15) is 59.8 Å². The number of allylic oxidation sites excluding steroid dienone is 1. The number of ketones is 1. The van der Waals surface area contributed by atoms with Gasteiger partial charge in [0.2, 0.25) is 0 Å². The summed E-state index contributed by atoms with van der Waals surface area (Å²) in [5, 5.41) is 0. The number of hydrogen-bond acceptors (Lipinski definition) is 7. The van der Waals surface area contributed by atoms with Gasteiger partial charge in [-0.2, -0.15) is 0 Å². The fraction of sp³-hybridized carbons (Fsp3) is 0.429. The minimum absolute atomic E-state index is 0.0463. The second-order valence-electron chi connectivity index (χ2n) is 6.92. The van der Waals surface area contributed by atoms with Crippen molar-refractivity contribution < 1.29 is 33.1 Å². The highest BCUT2D eigenvalue weighted by atomic mass is 16.5. The van der Waals surface area contributed by atoms with Crippen LogP contribution in [0.25, 0.3) is 0 Å². The summed E-state index contributed by atoms with van der Waals surface area (Å²) in [6.45, 7) is 7.29. The molecule has 0 saturated heterocycles. The van der Waals surface area contributed by atoms with Crippen molar-refractivity contribution in [1.82, 2.24) is 0 Å². The van der Waals surface area contributed by atoms with Crippen LogP contribution in [-0.2, 0) is 25.5 Å². The number of methoxy groups -OCH3 is 1. The SMILES string of the molecule is C=C(C)[C@H](CCC1=C[C@H](CC(C)=O)OC1=O)Cc1oc(C=O)cc1C(=O)OC. The molecule has 0 N–H and O–H groups in total. The van der Waals surface area contributed by atoms with E-state index < -0.39 is 18.0 Å². The molecule has 0 radical (unpaired) electrons. The summed E-state index contributed by atoms with van der Waals surface area (Å²) in [6.07, 6.45) is 3.24. The third-order valence-corrected chi connectivity index (χ3v) is 4.64. The average Bonchev–Trinajstić information content (AvgIpc) is 3.20. The molecule has 0 spiro atoms. The summed E-state index contributed by atoms with van der Waals surface area (Å²) in [6, 6.07) is 1.35. The van der Waals surface area contributed by atoms with E-state index in [0.29, 0.717) is 36.9 Å². The van der Waals surface area contributed by atoms with E-state index in [2.05, 4.69) is 6.58 Å². The van der Waals surface area contributed by atoms with Crippen LogP contribution in [0.5, 0.6) is 0 Å². The van der Waals surface area contributed by atoms with Crippen molar-refractivity contribution in [1.29, 1.82) is 0 Å². The molecular weight excluding hydrogens is 364 g/mol. The van der Waals surface area contributed by atoms with Crippen LogP contribution < -0.4 is 0 Å². The monoisotopic (exact) mass is 388 g/mol. The van der Waals surface area contributed by atoms with Gasteiger partial charge in [0.25, 0.3) is 0 Å². The molecule has 0 aromatic carbocycles. The molecule has 0 saturated carbocycles. The molecule has 1 aliphatic rings. The Kier molecular flexibility index (Phi) is 7.09. The molecule has 2 rings (SSSR count). The van der Waals surface area contributed by atoms with E-state index in [1.54, 1.807) is 6.08 Å². The molecule has 0 bridgehead atoms. The van der Waals surface area contributed by atoms with Crippen LogP contribution in [0.4, 0.5) is 0 Å². The van der Waals surface area contributed by atoms with Gasteiger partial charge in [0, 0.05) is 24.5 Å². The van der Waals surface area contributed by atoms with Gasteiger partial charge < -0.3 is 13.9 Å². The minimum Gasteiger partial charge on any atom is -0.465 e. The number of rotatable bonds is 10. The second kappa shape index (κ2) is 9.30. The van der Waals surface area contributed by atoms with Crippen LogP contribution in [0.3, 0.4) is 0 Å². The van der Waals surface area contributed by atoms with Crippen molar-refractivity contribution in [2.45, 2.75) is 45.6 Å². The van der Waals surface area contributed by atoms with Gasteiger partial charge in [0.05, 0.1) is 7.11 Å². The van der Waals surface area contributed by atoms with Crippen molar-refractivity contribution in [3.05, 3.63) is 47.0 Å². The van der Waals surface area contributed by atoms with Crippen molar-refractivity contribution in [2.24, 2.45) is 5.92 Å². The van der Waals surface area contributed by atoms with Crippen LogP contribution in [-0.4, -0.2) is 37.2 Å². The zero-order chi connectivity index (χ0) is 20.8. The van der Waals surface area contributed by atoms with Gasteiger partial charge in [0.15, 0.2) is 12.0 Å². The van der Waals surface area contributed by atoms with Crippen molar-refractivity contribution in [2.75, 3.05) is 7.11 Å². The summed E-state index contributed by atoms with van der Waals surface area (Å²) in [5.41, 5.74) is 1.59. The van der Waals surface area contributed by atoms with E-state index in [-0.39, 0.29) is 29.4 Å². The normalized spacial score (nSPS) is 16.9. The largest absolute Gasteiger partial charge is 0.465 e. The fourth-order valence-electron chi connectivity index (χ4n) is 3.13. The lowest BCUT2D eigenvalue weighted by Crippen LogP contribution is -2.12. The highest BCUT2D eigenvalue weighted by molar-refractivity contribution is 5.92. The standard InChI is InChI=1S/C21H24O7/c1-12(2)14(5-6-15-8-16(7-13(3)23)28-20(15)24)9-19-18(21(25)26-4)10-17(11-22)27-19/h8,10-11,14,16H,1,5-7,9H2,2-4H3/t14-,16+/m1/s1. The first-order valence-corrected chi connectivity index (χ1v) is 8.97. The molecule has 1 aromatic rings. The molecule has 0 amide bonds. The average molecular weight is 388 g/mol. The molecule has 7 nitrogen and oxygen atoms in total. The van der Waals surface area contributed by atoms with Crippen molar-refractivity contribution in [3.63, 3.8) is 0 Å². The van der Waals surface area contributed by atoms with Crippen LogP contribution >= 0.6 is 0 Å². The van der Waals surface area contributed by atoms with E-state index in [1.165, 1.54) is 20.1 Å². The predicted octanol–water partition coefficient (Wildman–Crippen LogP) is 3.22. The number of furan rings is 1. The van der Waals surface area contributed by atoms with Gasteiger partial charge in [-0.3, -0.25) is 9.59 Å². The van der Waals surface area contributed by atoms with E-state index in [1.807, 2.05) is 6.92 Å². The molecule has 0 unspecified atom stereocenters. The Hall–Kier alpha value is -2.96. The van der Waals surface area contributed by atoms with Gasteiger partial charge in [-0.15, -0.1) is 0 Å². The maximum absolute atomic E-state index is 12.0. The first-order chi connectivity index (χ1) is 13.2. The molecule has 0 aliphatic carbocycles. The number of esters is 2. The van der Waals surface area contributed by atoms with E-state index in [4.69, 9.17) is 13.9 Å². The fourth-order valence-corrected chi connectivity index (χ4v) is 3.13. The lowest BCUT2D eigenvalue weighted by atomic mass is 9.89. The minimum atomic E-state index is -0.582. The second-order valence-corrected chi connectivity index (χ2v) is 6.92. The number of hydrogen-bond donors (Lipinski definition) is 0. The Bertz CT molecular complexity index is 828. The molecule has 2 heterocycles. The zero-order valence-corrected chi connectivity index (χ0v) is 16.3. The quantitative estimate of drug-likeness (QED) is 0.345. The van der Waals surface area contributed by atoms with Gasteiger partial charge >= 0.3 is 11.9 Å².